The highest BCUT2D eigenvalue weighted by atomic mass is 15.1. The first-order valence-electron chi connectivity index (χ1n) is 6.44. The Labute approximate surface area is 96.2 Å². The molecule has 0 saturated heterocycles. The maximum absolute atomic E-state index is 6.01. The third kappa shape index (κ3) is 7.80. The van der Waals surface area contributed by atoms with Crippen molar-refractivity contribution in [1.29, 1.82) is 0 Å². The smallest absolute Gasteiger partial charge is 0.0109 e. The average Bonchev–Trinajstić information content (AvgIpc) is 2.17. The Kier molecular flexibility index (Phi) is 7.20. The molecule has 92 valence electrons. The highest BCUT2D eigenvalue weighted by Gasteiger charge is 2.14. The van der Waals surface area contributed by atoms with Gasteiger partial charge in [-0.05, 0) is 39.3 Å². The van der Waals surface area contributed by atoms with E-state index in [1.807, 2.05) is 0 Å². The van der Waals surface area contributed by atoms with Gasteiger partial charge in [0.05, 0.1) is 0 Å². The minimum Gasteiger partial charge on any atom is -0.326 e. The summed E-state index contributed by atoms with van der Waals surface area (Å²) in [6.45, 7) is 14.5. The fraction of sp³-hybridized carbons (Fsp3) is 1.00. The third-order valence-corrected chi connectivity index (χ3v) is 3.19. The van der Waals surface area contributed by atoms with E-state index in [9.17, 15) is 0 Å². The Bertz CT molecular complexity index is 145. The summed E-state index contributed by atoms with van der Waals surface area (Å²) in [6.07, 6.45) is 3.67. The molecule has 2 N–H and O–H groups in total. The number of rotatable bonds is 8. The molecule has 2 heteroatoms. The first kappa shape index (κ1) is 14.9. The Morgan fingerprint density at radius 1 is 1.13 bits per heavy atom. The highest BCUT2D eigenvalue weighted by molar-refractivity contribution is 4.74. The van der Waals surface area contributed by atoms with Crippen molar-refractivity contribution in [1.82, 2.24) is 4.90 Å². The molecule has 0 aromatic heterocycles. The van der Waals surface area contributed by atoms with Crippen LogP contribution in [0.3, 0.4) is 0 Å². The lowest BCUT2D eigenvalue weighted by Crippen LogP contribution is -2.38. The van der Waals surface area contributed by atoms with Crippen LogP contribution in [-0.4, -0.2) is 30.1 Å². The summed E-state index contributed by atoms with van der Waals surface area (Å²) in [6, 6.07) is 0. The first-order valence-corrected chi connectivity index (χ1v) is 6.44. The van der Waals surface area contributed by atoms with Gasteiger partial charge < -0.3 is 10.6 Å². The second-order valence-corrected chi connectivity index (χ2v) is 5.31. The van der Waals surface area contributed by atoms with Crippen molar-refractivity contribution in [3.63, 3.8) is 0 Å². The molecule has 0 aliphatic rings. The maximum Gasteiger partial charge on any atom is 0.0109 e. The Morgan fingerprint density at radius 2 is 1.67 bits per heavy atom. The fourth-order valence-corrected chi connectivity index (χ4v) is 1.74. The van der Waals surface area contributed by atoms with Crippen molar-refractivity contribution >= 4 is 0 Å². The van der Waals surface area contributed by atoms with E-state index in [-0.39, 0.29) is 5.54 Å². The maximum atomic E-state index is 6.01. The van der Waals surface area contributed by atoms with Crippen LogP contribution in [0.4, 0.5) is 0 Å². The second-order valence-electron chi connectivity index (χ2n) is 5.31. The van der Waals surface area contributed by atoms with E-state index in [2.05, 4.69) is 39.5 Å². The molecule has 0 unspecified atom stereocenters. The van der Waals surface area contributed by atoms with Crippen LogP contribution < -0.4 is 5.73 Å². The third-order valence-electron chi connectivity index (χ3n) is 3.19. The molecule has 0 heterocycles. The summed E-state index contributed by atoms with van der Waals surface area (Å²) in [5, 5.41) is 0. The summed E-state index contributed by atoms with van der Waals surface area (Å²) >= 11 is 0. The minimum absolute atomic E-state index is 0.0264. The zero-order valence-electron chi connectivity index (χ0n) is 11.3. The normalized spacial score (nSPS) is 12.8. The zero-order valence-corrected chi connectivity index (χ0v) is 11.3. The number of nitrogens with zero attached hydrogens (tertiary/aromatic N) is 1. The van der Waals surface area contributed by atoms with E-state index < -0.39 is 0 Å². The number of nitrogens with two attached hydrogens (primary N) is 1. The van der Waals surface area contributed by atoms with E-state index in [0.717, 1.165) is 25.4 Å². The quantitative estimate of drug-likeness (QED) is 0.673. The van der Waals surface area contributed by atoms with E-state index in [4.69, 9.17) is 5.73 Å². The molecule has 0 bridgehead atoms. The van der Waals surface area contributed by atoms with Crippen molar-refractivity contribution in [2.75, 3.05) is 19.6 Å². The molecular formula is C13H30N2. The van der Waals surface area contributed by atoms with Gasteiger partial charge in [-0.25, -0.2) is 0 Å². The van der Waals surface area contributed by atoms with Crippen molar-refractivity contribution < 1.29 is 0 Å². The number of hydrogen-bond donors (Lipinski definition) is 1. The summed E-state index contributed by atoms with van der Waals surface area (Å²) < 4.78 is 0. The summed E-state index contributed by atoms with van der Waals surface area (Å²) in [5.41, 5.74) is 5.98. The topological polar surface area (TPSA) is 29.3 Å². The van der Waals surface area contributed by atoms with E-state index in [1.54, 1.807) is 0 Å². The van der Waals surface area contributed by atoms with Gasteiger partial charge in [0.15, 0.2) is 0 Å². The molecule has 0 aromatic carbocycles. The van der Waals surface area contributed by atoms with Crippen LogP contribution in [0.15, 0.2) is 0 Å². The largest absolute Gasteiger partial charge is 0.326 e. The van der Waals surface area contributed by atoms with Crippen molar-refractivity contribution in [3.8, 4) is 0 Å². The van der Waals surface area contributed by atoms with Gasteiger partial charge in [-0.15, -0.1) is 0 Å². The van der Waals surface area contributed by atoms with E-state index >= 15 is 0 Å². The average molecular weight is 214 g/mol. The van der Waals surface area contributed by atoms with Gasteiger partial charge >= 0.3 is 0 Å². The number of hydrogen-bond acceptors (Lipinski definition) is 2. The summed E-state index contributed by atoms with van der Waals surface area (Å²) in [5.74, 6) is 0.853. The Hall–Kier alpha value is -0.0800. The van der Waals surface area contributed by atoms with Crippen molar-refractivity contribution in [2.24, 2.45) is 11.7 Å². The van der Waals surface area contributed by atoms with Gasteiger partial charge in [0.2, 0.25) is 0 Å². The van der Waals surface area contributed by atoms with E-state index in [0.29, 0.717) is 0 Å². The van der Waals surface area contributed by atoms with Crippen molar-refractivity contribution in [2.45, 2.75) is 59.4 Å². The van der Waals surface area contributed by atoms with Crippen LogP contribution >= 0.6 is 0 Å². The molecule has 0 atom stereocenters. The molecule has 0 spiro atoms. The van der Waals surface area contributed by atoms with E-state index in [1.165, 1.54) is 19.4 Å². The molecule has 0 rings (SSSR count). The summed E-state index contributed by atoms with van der Waals surface area (Å²) in [4.78, 5) is 2.53. The standard InChI is InChI=1S/C13H30N2/c1-6-12(7-2)11-15(8-3)10-9-13(4,5)14/h12H,6-11,14H2,1-5H3. The molecule has 0 saturated carbocycles. The molecule has 0 amide bonds. The van der Waals surface area contributed by atoms with Crippen LogP contribution in [0.5, 0.6) is 0 Å². The van der Waals surface area contributed by atoms with Gasteiger partial charge in [-0.1, -0.05) is 33.6 Å². The Balaban J connectivity index is 3.92. The Morgan fingerprint density at radius 3 is 2.00 bits per heavy atom. The first-order chi connectivity index (χ1) is 6.92. The molecule has 0 aliphatic carbocycles. The second kappa shape index (κ2) is 7.24. The molecule has 0 aliphatic heterocycles. The van der Waals surface area contributed by atoms with Crippen LogP contribution in [0.2, 0.25) is 0 Å². The zero-order chi connectivity index (χ0) is 11.9. The fourth-order valence-electron chi connectivity index (χ4n) is 1.74. The van der Waals surface area contributed by atoms with Gasteiger partial charge in [0.1, 0.15) is 0 Å². The van der Waals surface area contributed by atoms with Gasteiger partial charge in [0, 0.05) is 12.1 Å². The van der Waals surface area contributed by atoms with Gasteiger partial charge in [-0.3, -0.25) is 0 Å². The highest BCUT2D eigenvalue weighted by Crippen LogP contribution is 2.12. The molecule has 0 fully saturated rings. The summed E-state index contributed by atoms with van der Waals surface area (Å²) in [7, 11) is 0. The SMILES string of the molecule is CCC(CC)CN(CC)CCC(C)(C)N. The van der Waals surface area contributed by atoms with Gasteiger partial charge in [-0.2, -0.15) is 0 Å². The van der Waals surface area contributed by atoms with Crippen LogP contribution in [0.1, 0.15) is 53.9 Å². The van der Waals surface area contributed by atoms with Crippen LogP contribution in [-0.2, 0) is 0 Å². The molecular weight excluding hydrogens is 184 g/mol. The monoisotopic (exact) mass is 214 g/mol. The molecule has 2 nitrogen and oxygen atoms in total. The van der Waals surface area contributed by atoms with Crippen molar-refractivity contribution in [3.05, 3.63) is 0 Å². The lowest BCUT2D eigenvalue weighted by Gasteiger charge is -2.28. The predicted molar refractivity (Wildman–Crippen MR) is 69.1 cm³/mol. The molecule has 0 aromatic rings. The lowest BCUT2D eigenvalue weighted by molar-refractivity contribution is 0.216. The molecule has 0 radical (unpaired) electrons. The predicted octanol–water partition coefficient (Wildman–Crippen LogP) is 2.87. The van der Waals surface area contributed by atoms with Gasteiger partial charge in [0.25, 0.3) is 0 Å². The molecule has 15 heavy (non-hydrogen) atoms. The van der Waals surface area contributed by atoms with Crippen LogP contribution in [0, 0.1) is 5.92 Å². The minimum atomic E-state index is -0.0264. The lowest BCUT2D eigenvalue weighted by atomic mass is 10.00. The van der Waals surface area contributed by atoms with Crippen LogP contribution in [0.25, 0.3) is 0 Å².